The second kappa shape index (κ2) is 10.1. The summed E-state index contributed by atoms with van der Waals surface area (Å²) in [6.45, 7) is 1.13. The molecule has 5 rings (SSSR count). The van der Waals surface area contributed by atoms with E-state index in [0.717, 1.165) is 43.4 Å². The van der Waals surface area contributed by atoms with Gasteiger partial charge in [-0.2, -0.15) is 4.31 Å². The first-order chi connectivity index (χ1) is 17.2. The molecule has 0 aromatic heterocycles. The minimum atomic E-state index is -3.72. The van der Waals surface area contributed by atoms with E-state index < -0.39 is 15.8 Å². The second-order valence-corrected chi connectivity index (χ2v) is 12.2. The molecule has 0 bridgehead atoms. The number of amides is 2. The van der Waals surface area contributed by atoms with Gasteiger partial charge in [-0.25, -0.2) is 12.8 Å². The number of hydrogen-bond donors (Lipinski definition) is 1. The predicted octanol–water partition coefficient (Wildman–Crippen LogP) is 4.60. The van der Waals surface area contributed by atoms with Gasteiger partial charge < -0.3 is 10.2 Å². The number of sulfonamides is 1. The topological polar surface area (TPSA) is 86.8 Å². The molecule has 1 saturated carbocycles. The van der Waals surface area contributed by atoms with E-state index in [1.807, 2.05) is 4.90 Å². The van der Waals surface area contributed by atoms with Crippen molar-refractivity contribution in [3.63, 3.8) is 0 Å². The Balaban J connectivity index is 1.24. The molecule has 0 atom stereocenters. The van der Waals surface area contributed by atoms with E-state index in [1.54, 1.807) is 18.2 Å². The molecule has 2 heterocycles. The number of carbonyl (C=O) groups is 2. The number of aryl methyl sites for hydroxylation is 1. The number of carbonyl (C=O) groups excluding carboxylic acids is 2. The van der Waals surface area contributed by atoms with Crippen LogP contribution >= 0.6 is 11.6 Å². The fraction of sp³-hybridized carbons (Fsp3) is 0.462. The Kier molecular flexibility index (Phi) is 7.07. The average molecular weight is 534 g/mol. The first-order valence-corrected chi connectivity index (χ1v) is 14.3. The summed E-state index contributed by atoms with van der Waals surface area (Å²) in [6.07, 6.45) is 5.28. The smallest absolute Gasteiger partial charge is 0.243 e. The molecule has 2 aromatic carbocycles. The molecular weight excluding hydrogens is 505 g/mol. The van der Waals surface area contributed by atoms with Gasteiger partial charge in [0.15, 0.2) is 0 Å². The van der Waals surface area contributed by atoms with Crippen molar-refractivity contribution < 1.29 is 22.4 Å². The van der Waals surface area contributed by atoms with Gasteiger partial charge in [0.2, 0.25) is 21.8 Å². The summed E-state index contributed by atoms with van der Waals surface area (Å²) in [7, 11) is -3.72. The summed E-state index contributed by atoms with van der Waals surface area (Å²) < 4.78 is 41.5. The highest BCUT2D eigenvalue weighted by atomic mass is 35.5. The molecule has 1 N–H and O–H groups in total. The van der Waals surface area contributed by atoms with Crippen LogP contribution in [-0.4, -0.2) is 44.2 Å². The Morgan fingerprint density at radius 2 is 1.69 bits per heavy atom. The SMILES string of the molecule is O=C(Nc1ccc(F)c(Cl)c1)C1CCN(S(=O)(=O)c2ccc3c(c2)CCCN3C(=O)C2CCC2)CC1. The van der Waals surface area contributed by atoms with Gasteiger partial charge in [-0.15, -0.1) is 0 Å². The lowest BCUT2D eigenvalue weighted by molar-refractivity contribution is -0.124. The first kappa shape index (κ1) is 25.2. The lowest BCUT2D eigenvalue weighted by Gasteiger charge is -2.35. The standard InChI is InChI=1S/C26H29ClFN3O4S/c27-22-16-20(6-8-23(22)28)29-25(32)17-10-13-30(14-11-17)36(34,35)21-7-9-24-19(15-21)5-2-12-31(24)26(33)18-3-1-4-18/h6-9,15-18H,1-5,10-14H2,(H,29,32). The molecule has 36 heavy (non-hydrogen) atoms. The monoisotopic (exact) mass is 533 g/mol. The van der Waals surface area contributed by atoms with Gasteiger partial charge in [0.25, 0.3) is 0 Å². The van der Waals surface area contributed by atoms with Crippen LogP contribution in [0, 0.1) is 17.7 Å². The number of benzene rings is 2. The maximum Gasteiger partial charge on any atom is 0.243 e. The Morgan fingerprint density at radius 3 is 2.36 bits per heavy atom. The van der Waals surface area contributed by atoms with Gasteiger partial charge in [-0.1, -0.05) is 18.0 Å². The summed E-state index contributed by atoms with van der Waals surface area (Å²) in [5.74, 6) is -0.901. The first-order valence-electron chi connectivity index (χ1n) is 12.4. The Bertz CT molecular complexity index is 1290. The Labute approximate surface area is 215 Å². The largest absolute Gasteiger partial charge is 0.326 e. The van der Waals surface area contributed by atoms with Gasteiger partial charge >= 0.3 is 0 Å². The molecule has 192 valence electrons. The van der Waals surface area contributed by atoms with Crippen LogP contribution < -0.4 is 10.2 Å². The molecule has 2 fully saturated rings. The third-order valence-electron chi connectivity index (χ3n) is 7.54. The number of halogens is 2. The van der Waals surface area contributed by atoms with Crippen LogP contribution in [0.2, 0.25) is 5.02 Å². The predicted molar refractivity (Wildman–Crippen MR) is 136 cm³/mol. The maximum absolute atomic E-state index is 13.4. The van der Waals surface area contributed by atoms with Crippen molar-refractivity contribution in [1.29, 1.82) is 0 Å². The van der Waals surface area contributed by atoms with E-state index >= 15 is 0 Å². The van der Waals surface area contributed by atoms with Crippen LogP contribution in [0.5, 0.6) is 0 Å². The highest BCUT2D eigenvalue weighted by molar-refractivity contribution is 7.89. The van der Waals surface area contributed by atoms with E-state index in [0.29, 0.717) is 25.1 Å². The zero-order valence-electron chi connectivity index (χ0n) is 19.9. The zero-order chi connectivity index (χ0) is 25.4. The van der Waals surface area contributed by atoms with Crippen molar-refractivity contribution in [2.75, 3.05) is 29.9 Å². The quantitative estimate of drug-likeness (QED) is 0.608. The molecule has 2 amide bonds. The van der Waals surface area contributed by atoms with Crippen LogP contribution in [0.4, 0.5) is 15.8 Å². The van der Waals surface area contributed by atoms with Gasteiger partial charge in [0, 0.05) is 42.8 Å². The third kappa shape index (κ3) is 4.88. The molecule has 1 saturated heterocycles. The van der Waals surface area contributed by atoms with E-state index in [-0.39, 0.29) is 46.7 Å². The summed E-state index contributed by atoms with van der Waals surface area (Å²) in [5, 5.41) is 2.66. The van der Waals surface area contributed by atoms with E-state index in [4.69, 9.17) is 11.6 Å². The molecule has 3 aliphatic rings. The number of anilines is 2. The lowest BCUT2D eigenvalue weighted by Crippen LogP contribution is -2.42. The minimum Gasteiger partial charge on any atom is -0.326 e. The molecule has 0 unspecified atom stereocenters. The van der Waals surface area contributed by atoms with Crippen molar-refractivity contribution in [1.82, 2.24) is 4.31 Å². The fourth-order valence-electron chi connectivity index (χ4n) is 5.16. The summed E-state index contributed by atoms with van der Waals surface area (Å²) in [5.41, 5.74) is 2.12. The molecule has 7 nitrogen and oxygen atoms in total. The minimum absolute atomic E-state index is 0.0747. The number of hydrogen-bond acceptors (Lipinski definition) is 4. The van der Waals surface area contributed by atoms with E-state index in [9.17, 15) is 22.4 Å². The van der Waals surface area contributed by atoms with Gasteiger partial charge in [-0.3, -0.25) is 9.59 Å². The van der Waals surface area contributed by atoms with Crippen molar-refractivity contribution in [3.8, 4) is 0 Å². The van der Waals surface area contributed by atoms with Crippen LogP contribution in [-0.2, 0) is 26.0 Å². The lowest BCUT2D eigenvalue weighted by atomic mass is 9.83. The molecular formula is C26H29ClFN3O4S. The highest BCUT2D eigenvalue weighted by Gasteiger charge is 2.35. The van der Waals surface area contributed by atoms with Gasteiger partial charge in [0.05, 0.1) is 9.92 Å². The van der Waals surface area contributed by atoms with Crippen LogP contribution in [0.25, 0.3) is 0 Å². The van der Waals surface area contributed by atoms with Crippen LogP contribution in [0.3, 0.4) is 0 Å². The number of piperidine rings is 1. The van der Waals surface area contributed by atoms with E-state index in [2.05, 4.69) is 5.32 Å². The van der Waals surface area contributed by atoms with Crippen LogP contribution in [0.15, 0.2) is 41.3 Å². The molecule has 2 aromatic rings. The Morgan fingerprint density at radius 1 is 0.944 bits per heavy atom. The molecule has 0 radical (unpaired) electrons. The highest BCUT2D eigenvalue weighted by Crippen LogP contribution is 2.36. The van der Waals surface area contributed by atoms with Crippen molar-refractivity contribution >= 4 is 44.8 Å². The summed E-state index contributed by atoms with van der Waals surface area (Å²) >= 11 is 5.78. The molecule has 0 spiro atoms. The van der Waals surface area contributed by atoms with Crippen LogP contribution in [0.1, 0.15) is 44.1 Å². The molecule has 1 aliphatic carbocycles. The zero-order valence-corrected chi connectivity index (χ0v) is 21.5. The van der Waals surface area contributed by atoms with Crippen molar-refractivity contribution in [3.05, 3.63) is 52.8 Å². The summed E-state index contributed by atoms with van der Waals surface area (Å²) in [6, 6.07) is 9.06. The summed E-state index contributed by atoms with van der Waals surface area (Å²) in [4.78, 5) is 27.6. The normalized spacial score (nSPS) is 19.4. The van der Waals surface area contributed by atoms with Gasteiger partial charge in [0.1, 0.15) is 5.82 Å². The van der Waals surface area contributed by atoms with E-state index in [1.165, 1.54) is 22.5 Å². The van der Waals surface area contributed by atoms with Crippen molar-refractivity contribution in [2.24, 2.45) is 11.8 Å². The number of nitrogens with zero attached hydrogens (tertiary/aromatic N) is 2. The number of rotatable bonds is 5. The molecule has 10 heteroatoms. The number of fused-ring (bicyclic) bond motifs is 1. The molecule has 2 aliphatic heterocycles. The fourth-order valence-corrected chi connectivity index (χ4v) is 6.87. The van der Waals surface area contributed by atoms with Crippen molar-refractivity contribution in [2.45, 2.75) is 49.8 Å². The Hall–Kier alpha value is -2.49. The number of nitrogens with one attached hydrogen (secondary N) is 1. The third-order valence-corrected chi connectivity index (χ3v) is 9.72. The maximum atomic E-state index is 13.4. The second-order valence-electron chi connectivity index (χ2n) is 9.81. The average Bonchev–Trinajstić information content (AvgIpc) is 2.84. The van der Waals surface area contributed by atoms with Gasteiger partial charge in [-0.05, 0) is 80.5 Å².